The minimum Gasteiger partial charge on any atom is -0.494 e. The molecular formula is C22H30N2O4S. The van der Waals surface area contributed by atoms with Gasteiger partial charge < -0.3 is 10.1 Å². The van der Waals surface area contributed by atoms with Crippen LogP contribution in [0.4, 0.5) is 5.69 Å². The van der Waals surface area contributed by atoms with Crippen molar-refractivity contribution < 1.29 is 17.9 Å². The van der Waals surface area contributed by atoms with Gasteiger partial charge in [0.25, 0.3) is 0 Å². The Labute approximate surface area is 173 Å². The van der Waals surface area contributed by atoms with Gasteiger partial charge in [0.05, 0.1) is 18.6 Å². The molecule has 0 spiro atoms. The number of benzene rings is 2. The lowest BCUT2D eigenvalue weighted by molar-refractivity contribution is -0.122. The van der Waals surface area contributed by atoms with Gasteiger partial charge in [0.1, 0.15) is 11.8 Å². The Bertz CT molecular complexity index is 957. The number of hydrogen-bond acceptors (Lipinski definition) is 4. The van der Waals surface area contributed by atoms with Crippen LogP contribution in [0.5, 0.6) is 5.75 Å². The predicted molar refractivity (Wildman–Crippen MR) is 117 cm³/mol. The van der Waals surface area contributed by atoms with Crippen LogP contribution in [0.3, 0.4) is 0 Å². The van der Waals surface area contributed by atoms with Gasteiger partial charge in [0, 0.05) is 12.1 Å². The molecule has 0 aliphatic heterocycles. The molecule has 1 atom stereocenters. The van der Waals surface area contributed by atoms with Gasteiger partial charge in [0.2, 0.25) is 15.9 Å². The number of para-hydroxylation sites is 1. The minimum atomic E-state index is -3.66. The lowest BCUT2D eigenvalue weighted by Crippen LogP contribution is -2.49. The molecule has 1 N–H and O–H groups in total. The molecule has 0 bridgehead atoms. The van der Waals surface area contributed by atoms with Crippen molar-refractivity contribution in [1.29, 1.82) is 0 Å². The van der Waals surface area contributed by atoms with Gasteiger partial charge in [-0.3, -0.25) is 9.10 Å². The van der Waals surface area contributed by atoms with Gasteiger partial charge in [-0.15, -0.1) is 0 Å². The van der Waals surface area contributed by atoms with Crippen LogP contribution < -0.4 is 14.4 Å². The molecule has 0 aliphatic carbocycles. The Hall–Kier alpha value is -2.54. The summed E-state index contributed by atoms with van der Waals surface area (Å²) in [5, 5.41) is 2.87. The van der Waals surface area contributed by atoms with E-state index in [4.69, 9.17) is 4.74 Å². The van der Waals surface area contributed by atoms with E-state index >= 15 is 0 Å². The molecule has 158 valence electrons. The summed E-state index contributed by atoms with van der Waals surface area (Å²) < 4.78 is 32.0. The second-order valence-electron chi connectivity index (χ2n) is 7.01. The van der Waals surface area contributed by atoms with Gasteiger partial charge in [0.15, 0.2) is 0 Å². The van der Waals surface area contributed by atoms with Crippen molar-refractivity contribution in [2.75, 3.05) is 17.2 Å². The number of nitrogens with zero attached hydrogens (tertiary/aromatic N) is 1. The molecule has 0 aliphatic rings. The standard InChI is InChI=1S/C22H30N2O4S/c1-6-20(22(25)23-15-18-10-8-9-11-21(18)28-7-2)24(29(5,26)27)19-13-12-16(3)17(4)14-19/h8-14,20H,6-7,15H2,1-5H3,(H,23,25)/t20-/m0/s1. The summed E-state index contributed by atoms with van der Waals surface area (Å²) in [4.78, 5) is 13.0. The molecule has 1 amide bonds. The number of rotatable bonds is 9. The molecule has 0 saturated carbocycles. The molecule has 0 saturated heterocycles. The largest absolute Gasteiger partial charge is 0.494 e. The van der Waals surface area contributed by atoms with E-state index in [0.29, 0.717) is 24.5 Å². The first kappa shape index (κ1) is 22.7. The van der Waals surface area contributed by atoms with Crippen molar-refractivity contribution in [2.45, 2.75) is 46.7 Å². The van der Waals surface area contributed by atoms with E-state index in [-0.39, 0.29) is 12.5 Å². The topological polar surface area (TPSA) is 75.7 Å². The van der Waals surface area contributed by atoms with Gasteiger partial charge in [-0.2, -0.15) is 0 Å². The molecule has 2 aromatic rings. The van der Waals surface area contributed by atoms with Gasteiger partial charge >= 0.3 is 0 Å². The fourth-order valence-electron chi connectivity index (χ4n) is 3.17. The molecule has 0 unspecified atom stereocenters. The maximum atomic E-state index is 13.0. The summed E-state index contributed by atoms with van der Waals surface area (Å²) >= 11 is 0. The summed E-state index contributed by atoms with van der Waals surface area (Å²) in [6.07, 6.45) is 1.47. The Morgan fingerprint density at radius 3 is 2.38 bits per heavy atom. The number of aryl methyl sites for hydroxylation is 2. The van der Waals surface area contributed by atoms with Crippen LogP contribution in [-0.2, 0) is 21.4 Å². The van der Waals surface area contributed by atoms with Crippen LogP contribution in [0.25, 0.3) is 0 Å². The van der Waals surface area contributed by atoms with Gasteiger partial charge in [-0.1, -0.05) is 31.2 Å². The molecule has 0 fully saturated rings. The van der Waals surface area contributed by atoms with E-state index in [1.54, 1.807) is 19.1 Å². The smallest absolute Gasteiger partial charge is 0.244 e. The van der Waals surface area contributed by atoms with Gasteiger partial charge in [-0.05, 0) is 56.5 Å². The van der Waals surface area contributed by atoms with E-state index in [2.05, 4.69) is 5.32 Å². The van der Waals surface area contributed by atoms with Crippen LogP contribution in [0.15, 0.2) is 42.5 Å². The highest BCUT2D eigenvalue weighted by molar-refractivity contribution is 7.92. The zero-order valence-electron chi connectivity index (χ0n) is 17.7. The van der Waals surface area contributed by atoms with Crippen molar-refractivity contribution >= 4 is 21.6 Å². The number of nitrogens with one attached hydrogen (secondary N) is 1. The molecule has 0 radical (unpaired) electrons. The highest BCUT2D eigenvalue weighted by Gasteiger charge is 2.31. The number of sulfonamides is 1. The van der Waals surface area contributed by atoms with Crippen molar-refractivity contribution in [1.82, 2.24) is 5.32 Å². The lowest BCUT2D eigenvalue weighted by Gasteiger charge is -2.30. The summed E-state index contributed by atoms with van der Waals surface area (Å²) in [5.74, 6) is 0.361. The van der Waals surface area contributed by atoms with Crippen LogP contribution in [0, 0.1) is 13.8 Å². The van der Waals surface area contributed by atoms with Crippen molar-refractivity contribution in [2.24, 2.45) is 0 Å². The number of ether oxygens (including phenoxy) is 1. The van der Waals surface area contributed by atoms with Crippen LogP contribution >= 0.6 is 0 Å². The van der Waals surface area contributed by atoms with Crippen molar-refractivity contribution in [3.8, 4) is 5.75 Å². The van der Waals surface area contributed by atoms with E-state index in [1.165, 1.54) is 4.31 Å². The van der Waals surface area contributed by atoms with E-state index in [1.807, 2.05) is 51.1 Å². The fraction of sp³-hybridized carbons (Fsp3) is 0.409. The zero-order chi connectivity index (χ0) is 21.6. The summed E-state index contributed by atoms with van der Waals surface area (Å²) in [6, 6.07) is 12.0. The average molecular weight is 419 g/mol. The second-order valence-corrected chi connectivity index (χ2v) is 8.87. The third-order valence-corrected chi connectivity index (χ3v) is 5.98. The Morgan fingerprint density at radius 1 is 1.10 bits per heavy atom. The number of anilines is 1. The summed E-state index contributed by atoms with van der Waals surface area (Å²) in [6.45, 7) is 8.37. The molecule has 7 heteroatoms. The van der Waals surface area contributed by atoms with Gasteiger partial charge in [-0.25, -0.2) is 8.42 Å². The first-order valence-electron chi connectivity index (χ1n) is 9.74. The summed E-state index contributed by atoms with van der Waals surface area (Å²) in [5.41, 5.74) is 3.37. The molecular weight excluding hydrogens is 388 g/mol. The van der Waals surface area contributed by atoms with E-state index in [9.17, 15) is 13.2 Å². The molecule has 0 heterocycles. The Morgan fingerprint density at radius 2 is 1.79 bits per heavy atom. The summed E-state index contributed by atoms with van der Waals surface area (Å²) in [7, 11) is -3.66. The number of carbonyl (C=O) groups excluding carboxylic acids is 1. The van der Waals surface area contributed by atoms with Crippen LogP contribution in [0.1, 0.15) is 37.0 Å². The number of carbonyl (C=O) groups is 1. The fourth-order valence-corrected chi connectivity index (χ4v) is 4.37. The predicted octanol–water partition coefficient (Wildman–Crippen LogP) is 3.56. The van der Waals surface area contributed by atoms with Crippen LogP contribution in [0.2, 0.25) is 0 Å². The Balaban J connectivity index is 2.28. The monoisotopic (exact) mass is 418 g/mol. The molecule has 2 rings (SSSR count). The first-order valence-corrected chi connectivity index (χ1v) is 11.6. The molecule has 2 aromatic carbocycles. The third kappa shape index (κ3) is 5.73. The zero-order valence-corrected chi connectivity index (χ0v) is 18.5. The first-order chi connectivity index (χ1) is 13.7. The van der Waals surface area contributed by atoms with E-state index in [0.717, 1.165) is 22.9 Å². The molecule has 29 heavy (non-hydrogen) atoms. The highest BCUT2D eigenvalue weighted by atomic mass is 32.2. The lowest BCUT2D eigenvalue weighted by atomic mass is 10.1. The van der Waals surface area contributed by atoms with E-state index < -0.39 is 16.1 Å². The molecule has 0 aromatic heterocycles. The van der Waals surface area contributed by atoms with Crippen molar-refractivity contribution in [3.05, 3.63) is 59.2 Å². The Kier molecular flexibility index (Phi) is 7.67. The van der Waals surface area contributed by atoms with Crippen molar-refractivity contribution in [3.63, 3.8) is 0 Å². The second kappa shape index (κ2) is 9.78. The maximum absolute atomic E-state index is 13.0. The van der Waals surface area contributed by atoms with Crippen LogP contribution in [-0.4, -0.2) is 33.2 Å². The highest BCUT2D eigenvalue weighted by Crippen LogP contribution is 2.25. The average Bonchev–Trinajstić information content (AvgIpc) is 2.66. The SMILES string of the molecule is CCOc1ccccc1CNC(=O)[C@H](CC)N(c1ccc(C)c(C)c1)S(C)(=O)=O. The quantitative estimate of drug-likeness (QED) is 0.676. The maximum Gasteiger partial charge on any atom is 0.244 e. The number of hydrogen-bond donors (Lipinski definition) is 1. The normalized spacial score (nSPS) is 12.3. The molecule has 6 nitrogen and oxygen atoms in total. The minimum absolute atomic E-state index is 0.260. The third-order valence-electron chi connectivity index (χ3n) is 4.80. The number of amides is 1.